The van der Waals surface area contributed by atoms with Gasteiger partial charge in [0.15, 0.2) is 0 Å². The van der Waals surface area contributed by atoms with Gasteiger partial charge in [-0.05, 0) is 59.3 Å². The lowest BCUT2D eigenvalue weighted by atomic mass is 9.91. The molecule has 0 amide bonds. The normalized spacial score (nSPS) is 12.4. The molecule has 142 valence electrons. The quantitative estimate of drug-likeness (QED) is 0.449. The molecule has 3 heterocycles. The zero-order chi connectivity index (χ0) is 19.6. The average molecular weight is 378 g/mol. The average Bonchev–Trinajstić information content (AvgIpc) is 3.21. The van der Waals surface area contributed by atoms with Crippen LogP contribution < -0.4 is 5.73 Å². The third kappa shape index (κ3) is 3.39. The first-order valence-electron chi connectivity index (χ1n) is 9.86. The van der Waals surface area contributed by atoms with E-state index in [1.54, 1.807) is 0 Å². The topological polar surface area (TPSA) is 67.6 Å². The Morgan fingerprint density at radius 1 is 0.862 bits per heavy atom. The van der Waals surface area contributed by atoms with Gasteiger partial charge in [0.1, 0.15) is 0 Å². The molecule has 0 saturated heterocycles. The molecule has 2 aromatic carbocycles. The summed E-state index contributed by atoms with van der Waals surface area (Å²) in [5.41, 5.74) is 12.1. The van der Waals surface area contributed by atoms with Gasteiger partial charge in [-0.25, -0.2) is 0 Å². The van der Waals surface area contributed by atoms with Gasteiger partial charge >= 0.3 is 0 Å². The van der Waals surface area contributed by atoms with Gasteiger partial charge in [0.2, 0.25) is 0 Å². The van der Waals surface area contributed by atoms with Crippen LogP contribution in [0.1, 0.15) is 17.0 Å². The van der Waals surface area contributed by atoms with Gasteiger partial charge in [-0.15, -0.1) is 0 Å². The number of rotatable bonds is 5. The molecular weight excluding hydrogens is 356 g/mol. The van der Waals surface area contributed by atoms with Crippen molar-refractivity contribution in [2.75, 3.05) is 6.54 Å². The molecule has 3 aromatic heterocycles. The number of pyridine rings is 2. The molecule has 0 spiro atoms. The van der Waals surface area contributed by atoms with Crippen molar-refractivity contribution in [2.45, 2.75) is 12.3 Å². The number of aromatic nitrogens is 3. The highest BCUT2D eigenvalue weighted by Gasteiger charge is 2.16. The Morgan fingerprint density at radius 3 is 2.72 bits per heavy atom. The van der Waals surface area contributed by atoms with E-state index < -0.39 is 0 Å². The number of benzene rings is 2. The van der Waals surface area contributed by atoms with Crippen LogP contribution in [0.3, 0.4) is 0 Å². The Balaban J connectivity index is 1.47. The van der Waals surface area contributed by atoms with Crippen LogP contribution in [-0.4, -0.2) is 21.5 Å². The molecule has 5 rings (SSSR count). The molecule has 0 fully saturated rings. The fraction of sp³-hybridized carbons (Fsp3) is 0.120. The minimum Gasteiger partial charge on any atom is -0.361 e. The largest absolute Gasteiger partial charge is 0.361 e. The Morgan fingerprint density at radius 2 is 1.79 bits per heavy atom. The van der Waals surface area contributed by atoms with E-state index in [1.807, 2.05) is 36.9 Å². The van der Waals surface area contributed by atoms with E-state index >= 15 is 0 Å². The van der Waals surface area contributed by atoms with Crippen LogP contribution in [0.5, 0.6) is 0 Å². The van der Waals surface area contributed by atoms with Gasteiger partial charge in [0.25, 0.3) is 0 Å². The zero-order valence-electron chi connectivity index (χ0n) is 16.0. The molecule has 29 heavy (non-hydrogen) atoms. The number of nitrogens with zero attached hydrogens (tertiary/aromatic N) is 2. The van der Waals surface area contributed by atoms with E-state index in [0.29, 0.717) is 6.54 Å². The third-order valence-corrected chi connectivity index (χ3v) is 5.60. The van der Waals surface area contributed by atoms with Crippen molar-refractivity contribution in [3.05, 3.63) is 96.7 Å². The van der Waals surface area contributed by atoms with E-state index in [2.05, 4.69) is 63.6 Å². The smallest absolute Gasteiger partial charge is 0.0456 e. The predicted molar refractivity (Wildman–Crippen MR) is 119 cm³/mol. The summed E-state index contributed by atoms with van der Waals surface area (Å²) in [7, 11) is 0. The highest BCUT2D eigenvalue weighted by atomic mass is 14.7. The number of hydrogen-bond donors (Lipinski definition) is 2. The molecule has 0 saturated carbocycles. The lowest BCUT2D eigenvalue weighted by Crippen LogP contribution is -2.15. The minimum absolute atomic E-state index is 0.242. The molecule has 4 nitrogen and oxygen atoms in total. The standard InChI is InChI=1S/C25H22N4/c26-12-21(24-16-29-25-4-2-1-3-23(24)25)9-17-10-22(15-28-13-17)18-5-6-20-14-27-8-7-19(20)11-18/h1-8,10-11,13-16,21,29H,9,12,26H2. The summed E-state index contributed by atoms with van der Waals surface area (Å²) < 4.78 is 0. The number of nitrogens with two attached hydrogens (primary N) is 1. The molecule has 0 bridgehead atoms. The predicted octanol–water partition coefficient (Wildman–Crippen LogP) is 5.06. The maximum atomic E-state index is 6.17. The Hall–Kier alpha value is -3.50. The monoisotopic (exact) mass is 378 g/mol. The van der Waals surface area contributed by atoms with Crippen molar-refractivity contribution in [2.24, 2.45) is 5.73 Å². The van der Waals surface area contributed by atoms with Gasteiger partial charge in [0.05, 0.1) is 0 Å². The van der Waals surface area contributed by atoms with Gasteiger partial charge in [-0.2, -0.15) is 0 Å². The van der Waals surface area contributed by atoms with Crippen molar-refractivity contribution >= 4 is 21.7 Å². The van der Waals surface area contributed by atoms with Crippen molar-refractivity contribution in [1.82, 2.24) is 15.0 Å². The summed E-state index contributed by atoms with van der Waals surface area (Å²) in [5.74, 6) is 0.242. The molecule has 0 aliphatic carbocycles. The van der Waals surface area contributed by atoms with Crippen LogP contribution >= 0.6 is 0 Å². The Kier molecular flexibility index (Phi) is 4.54. The van der Waals surface area contributed by atoms with Gasteiger partial charge in [-0.3, -0.25) is 9.97 Å². The molecule has 4 heteroatoms. The van der Waals surface area contributed by atoms with Crippen molar-refractivity contribution < 1.29 is 0 Å². The molecule has 3 N–H and O–H groups in total. The van der Waals surface area contributed by atoms with Crippen LogP contribution in [0, 0.1) is 0 Å². The molecule has 1 unspecified atom stereocenters. The van der Waals surface area contributed by atoms with Crippen LogP contribution in [0.15, 0.2) is 85.6 Å². The first kappa shape index (κ1) is 17.6. The molecule has 0 radical (unpaired) electrons. The maximum absolute atomic E-state index is 6.17. The van der Waals surface area contributed by atoms with E-state index in [1.165, 1.54) is 21.9 Å². The zero-order valence-corrected chi connectivity index (χ0v) is 16.0. The molecule has 0 aliphatic rings. The van der Waals surface area contributed by atoms with E-state index in [-0.39, 0.29) is 5.92 Å². The summed E-state index contributed by atoms with van der Waals surface area (Å²) in [6.45, 7) is 0.592. The van der Waals surface area contributed by atoms with Crippen LogP contribution in [0.4, 0.5) is 0 Å². The SMILES string of the molecule is NCC(Cc1cncc(-c2ccc3cnccc3c2)c1)c1c[nH]c2ccccc12. The number of fused-ring (bicyclic) bond motifs is 2. The summed E-state index contributed by atoms with van der Waals surface area (Å²) in [4.78, 5) is 12.1. The van der Waals surface area contributed by atoms with Gasteiger partial charge < -0.3 is 10.7 Å². The highest BCUT2D eigenvalue weighted by Crippen LogP contribution is 2.29. The Bertz CT molecular complexity index is 1290. The lowest BCUT2D eigenvalue weighted by Gasteiger charge is -2.15. The second kappa shape index (κ2) is 7.49. The molecular formula is C25H22N4. The van der Waals surface area contributed by atoms with Crippen LogP contribution in [0.2, 0.25) is 0 Å². The van der Waals surface area contributed by atoms with E-state index in [9.17, 15) is 0 Å². The first-order chi connectivity index (χ1) is 14.3. The van der Waals surface area contributed by atoms with Crippen molar-refractivity contribution in [3.63, 3.8) is 0 Å². The summed E-state index contributed by atoms with van der Waals surface area (Å²) in [6.07, 6.45) is 10.5. The first-order valence-corrected chi connectivity index (χ1v) is 9.86. The number of H-pyrrole nitrogens is 1. The summed E-state index contributed by atoms with van der Waals surface area (Å²) >= 11 is 0. The van der Waals surface area contributed by atoms with Crippen molar-refractivity contribution in [3.8, 4) is 11.1 Å². The third-order valence-electron chi connectivity index (χ3n) is 5.60. The fourth-order valence-electron chi connectivity index (χ4n) is 4.06. The number of nitrogens with one attached hydrogen (secondary N) is 1. The van der Waals surface area contributed by atoms with Gasteiger partial charge in [0, 0.05) is 58.8 Å². The lowest BCUT2D eigenvalue weighted by molar-refractivity contribution is 0.698. The van der Waals surface area contributed by atoms with Gasteiger partial charge in [-0.1, -0.05) is 30.3 Å². The van der Waals surface area contributed by atoms with E-state index in [0.717, 1.165) is 28.5 Å². The Labute approximate surface area is 169 Å². The summed E-state index contributed by atoms with van der Waals surface area (Å²) in [5, 5.41) is 3.57. The summed E-state index contributed by atoms with van der Waals surface area (Å²) in [6, 6.07) is 19.1. The maximum Gasteiger partial charge on any atom is 0.0456 e. The number of para-hydroxylation sites is 1. The van der Waals surface area contributed by atoms with Crippen molar-refractivity contribution in [1.29, 1.82) is 0 Å². The molecule has 1 atom stereocenters. The second-order valence-electron chi connectivity index (χ2n) is 7.45. The van der Waals surface area contributed by atoms with Crippen LogP contribution in [-0.2, 0) is 6.42 Å². The van der Waals surface area contributed by atoms with E-state index in [4.69, 9.17) is 5.73 Å². The molecule has 5 aromatic rings. The molecule has 0 aliphatic heterocycles. The van der Waals surface area contributed by atoms with Crippen LogP contribution in [0.25, 0.3) is 32.8 Å². The number of aromatic amines is 1. The highest BCUT2D eigenvalue weighted by molar-refractivity contribution is 5.86. The number of hydrogen-bond acceptors (Lipinski definition) is 3. The minimum atomic E-state index is 0.242. The second-order valence-corrected chi connectivity index (χ2v) is 7.45. The fourth-order valence-corrected chi connectivity index (χ4v) is 4.06.